The molecule has 4 aromatic heterocycles. The van der Waals surface area contributed by atoms with E-state index in [0.29, 0.717) is 0 Å². The fraction of sp³-hybridized carbons (Fsp3) is 0. The molecule has 0 radical (unpaired) electrons. The van der Waals surface area contributed by atoms with Crippen molar-refractivity contribution in [3.05, 3.63) is 174 Å². The van der Waals surface area contributed by atoms with Crippen LogP contribution in [0.25, 0.3) is 79.8 Å². The van der Waals surface area contributed by atoms with Crippen LogP contribution in [0.5, 0.6) is 0 Å². The van der Waals surface area contributed by atoms with Gasteiger partial charge in [0.15, 0.2) is 0 Å². The minimum atomic E-state index is 0.786. The van der Waals surface area contributed by atoms with Crippen LogP contribution in [0, 0.1) is 11.8 Å². The van der Waals surface area contributed by atoms with Crippen molar-refractivity contribution in [3.63, 3.8) is 0 Å². The summed E-state index contributed by atoms with van der Waals surface area (Å²) in [4.78, 5) is 22.3. The Labute approximate surface area is 289 Å². The molecule has 0 spiro atoms. The van der Waals surface area contributed by atoms with E-state index < -0.39 is 0 Å². The molecule has 50 heavy (non-hydrogen) atoms. The summed E-state index contributed by atoms with van der Waals surface area (Å²) in [5, 5.41) is 0. The van der Waals surface area contributed by atoms with Gasteiger partial charge >= 0.3 is 0 Å². The lowest BCUT2D eigenvalue weighted by atomic mass is 10.0. The Morgan fingerprint density at radius 3 is 1.26 bits per heavy atom. The second kappa shape index (κ2) is 12.5. The van der Waals surface area contributed by atoms with Gasteiger partial charge in [-0.1, -0.05) is 103 Å². The summed E-state index contributed by atoms with van der Waals surface area (Å²) in [5.41, 5.74) is 15.1. The normalized spacial score (nSPS) is 11.7. The number of H-pyrrole nitrogens is 2. The monoisotopic (exact) mass is 639 g/mol. The predicted octanol–water partition coefficient (Wildman–Crippen LogP) is 10.5. The summed E-state index contributed by atoms with van der Waals surface area (Å²) in [6, 6.07) is 43.6. The molecule has 8 bridgehead atoms. The fourth-order valence-corrected chi connectivity index (χ4v) is 6.63. The molecule has 5 heteroatoms. The topological polar surface area (TPSA) is 70.2 Å². The largest absolute Gasteiger partial charge is 0.354 e. The van der Waals surface area contributed by atoms with Crippen molar-refractivity contribution in [1.82, 2.24) is 24.9 Å². The van der Waals surface area contributed by atoms with E-state index in [1.54, 1.807) is 12.4 Å². The highest BCUT2D eigenvalue weighted by atomic mass is 14.8. The van der Waals surface area contributed by atoms with Crippen LogP contribution in [0.3, 0.4) is 0 Å². The molecule has 2 aliphatic heterocycles. The van der Waals surface area contributed by atoms with Crippen LogP contribution in [-0.2, 0) is 0 Å². The first-order valence-corrected chi connectivity index (χ1v) is 16.5. The zero-order valence-corrected chi connectivity index (χ0v) is 26.9. The molecule has 7 aromatic rings. The maximum absolute atomic E-state index is 5.33. The number of aromatic nitrogens is 5. The van der Waals surface area contributed by atoms with Crippen molar-refractivity contribution in [2.75, 3.05) is 0 Å². The summed E-state index contributed by atoms with van der Waals surface area (Å²) in [6.45, 7) is 0. The molecule has 0 atom stereocenters. The summed E-state index contributed by atoms with van der Waals surface area (Å²) in [5.74, 6) is 6.81. The number of fused-ring (bicyclic) bond motifs is 8. The van der Waals surface area contributed by atoms with E-state index in [1.807, 2.05) is 30.3 Å². The zero-order valence-electron chi connectivity index (χ0n) is 26.9. The predicted molar refractivity (Wildman–Crippen MR) is 205 cm³/mol. The first-order valence-electron chi connectivity index (χ1n) is 16.5. The molecule has 0 unspecified atom stereocenters. The van der Waals surface area contributed by atoms with Gasteiger partial charge in [0.1, 0.15) is 0 Å². The minimum Gasteiger partial charge on any atom is -0.354 e. The van der Waals surface area contributed by atoms with Gasteiger partial charge in [-0.3, -0.25) is 4.98 Å². The molecule has 2 aliphatic rings. The molecule has 3 aromatic carbocycles. The molecule has 0 fully saturated rings. The third kappa shape index (κ3) is 5.41. The van der Waals surface area contributed by atoms with Gasteiger partial charge < -0.3 is 9.97 Å². The second-order valence-corrected chi connectivity index (χ2v) is 12.1. The number of nitrogens with one attached hydrogen (secondary N) is 2. The molecule has 0 amide bonds. The molecule has 6 heterocycles. The first-order chi connectivity index (χ1) is 24.8. The maximum atomic E-state index is 5.33. The Kier molecular flexibility index (Phi) is 7.30. The molecular formula is C45H29N5. The lowest BCUT2D eigenvalue weighted by Crippen LogP contribution is -1.89. The summed E-state index contributed by atoms with van der Waals surface area (Å²) in [7, 11) is 0. The third-order valence-corrected chi connectivity index (χ3v) is 8.95. The number of nitrogens with zero attached hydrogens (tertiary/aromatic N) is 3. The molecule has 9 rings (SSSR count). The maximum Gasteiger partial charge on any atom is 0.0815 e. The second-order valence-electron chi connectivity index (χ2n) is 12.1. The van der Waals surface area contributed by atoms with Crippen LogP contribution in [0.1, 0.15) is 33.9 Å². The van der Waals surface area contributed by atoms with E-state index in [-0.39, 0.29) is 0 Å². The zero-order chi connectivity index (χ0) is 33.3. The van der Waals surface area contributed by atoms with Crippen LogP contribution in [0.15, 0.2) is 140 Å². The lowest BCUT2D eigenvalue weighted by Gasteiger charge is -2.06. The SMILES string of the molecule is C(#Cc1c2nc(c(-c3ccccc3)c3ccc([nH]3)c(-c3ccccc3)c3nc(c(-c4ccccc4)c4ccc1[nH]4)C=C3)C=C2)c1ccncc1. The van der Waals surface area contributed by atoms with Crippen molar-refractivity contribution >= 4 is 46.4 Å². The third-order valence-electron chi connectivity index (χ3n) is 8.95. The van der Waals surface area contributed by atoms with Gasteiger partial charge in [-0.25, -0.2) is 9.97 Å². The van der Waals surface area contributed by atoms with E-state index in [9.17, 15) is 0 Å². The van der Waals surface area contributed by atoms with Gasteiger partial charge in [-0.2, -0.15) is 0 Å². The molecule has 0 aliphatic carbocycles. The van der Waals surface area contributed by atoms with Gasteiger partial charge in [-0.05, 0) is 77.4 Å². The highest BCUT2D eigenvalue weighted by Gasteiger charge is 2.17. The van der Waals surface area contributed by atoms with Crippen molar-refractivity contribution in [2.45, 2.75) is 0 Å². The van der Waals surface area contributed by atoms with Gasteiger partial charge in [0, 0.05) is 51.2 Å². The Morgan fingerprint density at radius 1 is 0.380 bits per heavy atom. The van der Waals surface area contributed by atoms with Crippen molar-refractivity contribution in [2.24, 2.45) is 0 Å². The van der Waals surface area contributed by atoms with Gasteiger partial charge in [0.25, 0.3) is 0 Å². The Bertz CT molecular complexity index is 2640. The molecule has 2 N–H and O–H groups in total. The van der Waals surface area contributed by atoms with Crippen LogP contribution < -0.4 is 0 Å². The average molecular weight is 640 g/mol. The average Bonchev–Trinajstić information content (AvgIpc) is 4.01. The van der Waals surface area contributed by atoms with Gasteiger partial charge in [0.2, 0.25) is 0 Å². The van der Waals surface area contributed by atoms with Crippen LogP contribution in [0.4, 0.5) is 0 Å². The van der Waals surface area contributed by atoms with E-state index in [0.717, 1.165) is 89.4 Å². The van der Waals surface area contributed by atoms with Crippen molar-refractivity contribution in [3.8, 4) is 45.2 Å². The standard InChI is InChI=1S/C45H29N5/c1-4-10-31(11-5-1)43-37-20-18-35(47-37)34(17-16-30-26-28-46-29-27-30)36-19-21-38(48-36)44(32-12-6-2-7-13-32)40-23-25-42(50-40)45(33-14-8-3-9-15-33)41-24-22-39(43)49-41/h1-15,18-29,47,50H. The number of pyridine rings is 1. The molecule has 0 saturated carbocycles. The minimum absolute atomic E-state index is 0.786. The Morgan fingerprint density at radius 2 is 0.780 bits per heavy atom. The lowest BCUT2D eigenvalue weighted by molar-refractivity contribution is 1.30. The number of hydrogen-bond donors (Lipinski definition) is 2. The van der Waals surface area contributed by atoms with Crippen LogP contribution >= 0.6 is 0 Å². The van der Waals surface area contributed by atoms with Crippen molar-refractivity contribution in [1.29, 1.82) is 0 Å². The summed E-state index contributed by atoms with van der Waals surface area (Å²) < 4.78 is 0. The van der Waals surface area contributed by atoms with Crippen LogP contribution in [-0.4, -0.2) is 24.9 Å². The first kappa shape index (κ1) is 29.1. The van der Waals surface area contributed by atoms with E-state index in [2.05, 4.69) is 148 Å². The molecule has 0 saturated heterocycles. The quantitative estimate of drug-likeness (QED) is 0.189. The Hall–Kier alpha value is -7.03. The van der Waals surface area contributed by atoms with Crippen LogP contribution in [0.2, 0.25) is 0 Å². The van der Waals surface area contributed by atoms with Crippen molar-refractivity contribution < 1.29 is 0 Å². The molecule has 5 nitrogen and oxygen atoms in total. The highest BCUT2D eigenvalue weighted by Crippen LogP contribution is 2.36. The molecular weight excluding hydrogens is 611 g/mol. The van der Waals surface area contributed by atoms with Gasteiger partial charge in [0.05, 0.1) is 33.9 Å². The highest BCUT2D eigenvalue weighted by molar-refractivity contribution is 5.98. The smallest absolute Gasteiger partial charge is 0.0815 e. The number of aromatic amines is 2. The number of hydrogen-bond acceptors (Lipinski definition) is 3. The van der Waals surface area contributed by atoms with E-state index >= 15 is 0 Å². The summed E-state index contributed by atoms with van der Waals surface area (Å²) in [6.07, 6.45) is 11.9. The summed E-state index contributed by atoms with van der Waals surface area (Å²) >= 11 is 0. The number of rotatable bonds is 3. The number of benzene rings is 3. The molecule has 234 valence electrons. The fourth-order valence-electron chi connectivity index (χ4n) is 6.63. The van der Waals surface area contributed by atoms with Gasteiger partial charge in [-0.15, -0.1) is 0 Å². The van der Waals surface area contributed by atoms with E-state index in [4.69, 9.17) is 9.97 Å². The Balaban J connectivity index is 1.45. The van der Waals surface area contributed by atoms with E-state index in [1.165, 1.54) is 0 Å².